The minimum atomic E-state index is -0.318. The Kier molecular flexibility index (Phi) is 2.33. The van der Waals surface area contributed by atoms with E-state index in [0.29, 0.717) is 0 Å². The zero-order chi connectivity index (χ0) is 10.2. The van der Waals surface area contributed by atoms with Crippen molar-refractivity contribution in [3.63, 3.8) is 0 Å². The van der Waals surface area contributed by atoms with E-state index < -0.39 is 0 Å². The maximum atomic E-state index is 5.76. The molecule has 0 amide bonds. The van der Waals surface area contributed by atoms with Gasteiger partial charge in [-0.3, -0.25) is 4.98 Å². The van der Waals surface area contributed by atoms with Gasteiger partial charge in [-0.15, -0.1) is 0 Å². The van der Waals surface area contributed by atoms with Crippen LogP contribution in [0.3, 0.4) is 0 Å². The molecule has 0 aliphatic carbocycles. The van der Waals surface area contributed by atoms with Crippen LogP contribution in [0.5, 0.6) is 0 Å². The van der Waals surface area contributed by atoms with Crippen molar-refractivity contribution in [2.75, 3.05) is 0 Å². The van der Waals surface area contributed by atoms with Crippen LogP contribution in [0.25, 0.3) is 0 Å². The molecular formula is C10H14BNO2. The monoisotopic (exact) mass is 191 g/mol. The summed E-state index contributed by atoms with van der Waals surface area (Å²) >= 11 is 0. The first-order valence-corrected chi connectivity index (χ1v) is 4.84. The van der Waals surface area contributed by atoms with Gasteiger partial charge in [-0.2, -0.15) is 0 Å². The zero-order valence-electron chi connectivity index (χ0n) is 8.73. The van der Waals surface area contributed by atoms with Crippen molar-refractivity contribution in [2.24, 2.45) is 0 Å². The Hall–Kier alpha value is -0.865. The molecule has 3 nitrogen and oxygen atoms in total. The number of nitrogens with zero attached hydrogens (tertiary/aromatic N) is 1. The molecule has 1 fully saturated rings. The quantitative estimate of drug-likeness (QED) is 0.620. The van der Waals surface area contributed by atoms with Crippen molar-refractivity contribution in [1.82, 2.24) is 4.98 Å². The van der Waals surface area contributed by atoms with E-state index in [9.17, 15) is 0 Å². The summed E-state index contributed by atoms with van der Waals surface area (Å²) in [7, 11) is -0.318. The summed E-state index contributed by atoms with van der Waals surface area (Å²) in [5.41, 5.74) is 0.604. The van der Waals surface area contributed by atoms with E-state index in [-0.39, 0.29) is 18.8 Å². The highest BCUT2D eigenvalue weighted by molar-refractivity contribution is 6.60. The fourth-order valence-electron chi connectivity index (χ4n) is 1.39. The highest BCUT2D eigenvalue weighted by Crippen LogP contribution is 2.26. The van der Waals surface area contributed by atoms with E-state index in [0.717, 1.165) is 5.59 Å². The Morgan fingerprint density at radius 3 is 2.71 bits per heavy atom. The maximum absolute atomic E-state index is 5.76. The summed E-state index contributed by atoms with van der Waals surface area (Å²) in [6.45, 7) is 6.07. The van der Waals surface area contributed by atoms with Crippen LogP contribution in [-0.2, 0) is 9.31 Å². The van der Waals surface area contributed by atoms with Crippen LogP contribution < -0.4 is 5.59 Å². The average molecular weight is 191 g/mol. The number of aromatic nitrogens is 1. The molecule has 4 heteroatoms. The third kappa shape index (κ3) is 1.67. The molecule has 1 aliphatic heterocycles. The van der Waals surface area contributed by atoms with Crippen LogP contribution in [0.15, 0.2) is 24.4 Å². The topological polar surface area (TPSA) is 31.4 Å². The molecule has 0 spiro atoms. The minimum Gasteiger partial charge on any atom is -0.401 e. The summed E-state index contributed by atoms with van der Waals surface area (Å²) in [4.78, 5) is 4.21. The van der Waals surface area contributed by atoms with Gasteiger partial charge in [-0.1, -0.05) is 6.07 Å². The summed E-state index contributed by atoms with van der Waals surface area (Å²) < 4.78 is 11.4. The van der Waals surface area contributed by atoms with Gasteiger partial charge in [-0.25, -0.2) is 0 Å². The molecule has 74 valence electrons. The first-order chi connectivity index (χ1) is 6.59. The Morgan fingerprint density at radius 2 is 2.21 bits per heavy atom. The van der Waals surface area contributed by atoms with E-state index in [4.69, 9.17) is 9.31 Å². The molecule has 2 rings (SSSR count). The lowest BCUT2D eigenvalue weighted by Crippen LogP contribution is -2.36. The van der Waals surface area contributed by atoms with Gasteiger partial charge in [-0.05, 0) is 32.9 Å². The predicted molar refractivity (Wildman–Crippen MR) is 55.3 cm³/mol. The lowest BCUT2D eigenvalue weighted by atomic mass is 9.84. The molecule has 2 heterocycles. The fraction of sp³-hybridized carbons (Fsp3) is 0.500. The Labute approximate surface area is 84.6 Å². The predicted octanol–water partition coefficient (Wildman–Crippen LogP) is 0.991. The second-order valence-electron chi connectivity index (χ2n) is 4.09. The molecule has 14 heavy (non-hydrogen) atoms. The summed E-state index contributed by atoms with van der Waals surface area (Å²) in [6, 6.07) is 5.73. The first-order valence-electron chi connectivity index (χ1n) is 4.84. The van der Waals surface area contributed by atoms with Crippen LogP contribution in [0, 0.1) is 0 Å². The van der Waals surface area contributed by atoms with Gasteiger partial charge in [0, 0.05) is 6.20 Å². The molecule has 1 aromatic rings. The standard InChI is InChI=1S/C10H14BNO2/c1-8-10(2,3)14-11(13-8)9-6-4-5-7-12-9/h4-8H,1-3H3. The van der Waals surface area contributed by atoms with E-state index in [2.05, 4.69) is 4.98 Å². The van der Waals surface area contributed by atoms with Gasteiger partial charge in [0.05, 0.1) is 17.3 Å². The molecule has 0 N–H and O–H groups in total. The summed E-state index contributed by atoms with van der Waals surface area (Å²) in [5, 5.41) is 0. The molecule has 1 saturated heterocycles. The molecule has 0 radical (unpaired) electrons. The number of hydrogen-bond acceptors (Lipinski definition) is 3. The van der Waals surface area contributed by atoms with Crippen LogP contribution in [-0.4, -0.2) is 23.8 Å². The maximum Gasteiger partial charge on any atom is 0.514 e. The summed E-state index contributed by atoms with van der Waals surface area (Å²) in [6.07, 6.45) is 1.84. The zero-order valence-corrected chi connectivity index (χ0v) is 8.73. The normalized spacial score (nSPS) is 25.4. The van der Waals surface area contributed by atoms with Crippen molar-refractivity contribution in [2.45, 2.75) is 32.5 Å². The van der Waals surface area contributed by atoms with Crippen LogP contribution in [0.1, 0.15) is 20.8 Å². The number of hydrogen-bond donors (Lipinski definition) is 0. The Bertz CT molecular complexity index is 315. The fourth-order valence-corrected chi connectivity index (χ4v) is 1.39. The number of rotatable bonds is 1. The molecule has 0 aromatic carbocycles. The molecule has 1 aliphatic rings. The van der Waals surface area contributed by atoms with Gasteiger partial charge in [0.15, 0.2) is 0 Å². The molecule has 0 bridgehead atoms. The molecule has 1 aromatic heterocycles. The minimum absolute atomic E-state index is 0.0921. The van der Waals surface area contributed by atoms with E-state index in [1.807, 2.05) is 39.0 Å². The second-order valence-corrected chi connectivity index (χ2v) is 4.09. The third-order valence-electron chi connectivity index (χ3n) is 2.65. The van der Waals surface area contributed by atoms with Crippen molar-refractivity contribution < 1.29 is 9.31 Å². The van der Waals surface area contributed by atoms with Crippen molar-refractivity contribution in [1.29, 1.82) is 0 Å². The molecular weight excluding hydrogens is 177 g/mol. The largest absolute Gasteiger partial charge is 0.514 e. The van der Waals surface area contributed by atoms with E-state index >= 15 is 0 Å². The van der Waals surface area contributed by atoms with Crippen molar-refractivity contribution >= 4 is 12.7 Å². The third-order valence-corrected chi connectivity index (χ3v) is 2.65. The van der Waals surface area contributed by atoms with Gasteiger partial charge in [0.1, 0.15) is 0 Å². The van der Waals surface area contributed by atoms with E-state index in [1.54, 1.807) is 6.20 Å². The van der Waals surface area contributed by atoms with Gasteiger partial charge < -0.3 is 9.31 Å². The molecule has 0 saturated carbocycles. The Balaban J connectivity index is 2.17. The van der Waals surface area contributed by atoms with Crippen LogP contribution in [0.4, 0.5) is 0 Å². The van der Waals surface area contributed by atoms with Gasteiger partial charge in [0.2, 0.25) is 0 Å². The van der Waals surface area contributed by atoms with E-state index in [1.165, 1.54) is 0 Å². The van der Waals surface area contributed by atoms with Crippen molar-refractivity contribution in [3.8, 4) is 0 Å². The lowest BCUT2D eigenvalue weighted by Gasteiger charge is -2.21. The molecule has 1 unspecified atom stereocenters. The second kappa shape index (κ2) is 3.37. The highest BCUT2D eigenvalue weighted by Gasteiger charge is 2.44. The van der Waals surface area contributed by atoms with Crippen molar-refractivity contribution in [3.05, 3.63) is 24.4 Å². The lowest BCUT2D eigenvalue weighted by molar-refractivity contribution is 0.0842. The highest BCUT2D eigenvalue weighted by atomic mass is 16.7. The average Bonchev–Trinajstić information content (AvgIpc) is 2.43. The Morgan fingerprint density at radius 1 is 1.43 bits per heavy atom. The van der Waals surface area contributed by atoms with Crippen LogP contribution >= 0.6 is 0 Å². The first kappa shape index (κ1) is 9.68. The van der Waals surface area contributed by atoms with Gasteiger partial charge in [0.25, 0.3) is 0 Å². The van der Waals surface area contributed by atoms with Crippen LogP contribution in [0.2, 0.25) is 0 Å². The molecule has 1 atom stereocenters. The SMILES string of the molecule is CC1OB(c2ccccn2)OC1(C)C. The summed E-state index contributed by atoms with van der Waals surface area (Å²) in [5.74, 6) is 0. The van der Waals surface area contributed by atoms with Gasteiger partial charge >= 0.3 is 7.12 Å². The number of pyridine rings is 1. The smallest absolute Gasteiger partial charge is 0.401 e.